The Balaban J connectivity index is 0.00000300. The first kappa shape index (κ1) is 36.2. The predicted molar refractivity (Wildman–Crippen MR) is 175 cm³/mol. The molecule has 1 aliphatic heterocycles. The van der Waals surface area contributed by atoms with Crippen LogP contribution in [0.2, 0.25) is 5.02 Å². The topological polar surface area (TPSA) is 138 Å². The number of aryl methyl sites for hydroxylation is 1. The summed E-state index contributed by atoms with van der Waals surface area (Å²) in [5.74, 6) is 1.07. The molecule has 240 valence electrons. The third-order valence-corrected chi connectivity index (χ3v) is 9.90. The van der Waals surface area contributed by atoms with Gasteiger partial charge in [0.1, 0.15) is 0 Å². The summed E-state index contributed by atoms with van der Waals surface area (Å²) < 4.78 is 79.5. The number of allylic oxidation sites excluding steroid dienone is 2. The number of anilines is 1. The largest absolute Gasteiger partial charge is 1.00 e. The summed E-state index contributed by atoms with van der Waals surface area (Å²) in [6.07, 6.45) is 4.54. The molecule has 4 aromatic rings. The molecular weight excluding hydrogens is 663 g/mol. The molecule has 46 heavy (non-hydrogen) atoms. The molecule has 2 heterocycles. The van der Waals surface area contributed by atoms with Crippen molar-refractivity contribution >= 4 is 54.7 Å². The number of fused-ring (bicyclic) bond motifs is 2. The van der Waals surface area contributed by atoms with Crippen molar-refractivity contribution in [2.24, 2.45) is 0 Å². The molecule has 0 spiro atoms. The van der Waals surface area contributed by atoms with Gasteiger partial charge in [-0.15, -0.1) is 0 Å². The van der Waals surface area contributed by atoms with E-state index in [1.54, 1.807) is 18.2 Å². The average Bonchev–Trinajstić information content (AvgIpc) is 3.50. The Kier molecular flexibility index (Phi) is 11.8. The SMILES string of the molecule is CCC(=Cc1oc2ccc(-c3ccccc3)cc2[n+]1CCC(C)S(=O)(=O)O)C=C1Oc2ccc(Cl)cc2N1CCCS(=O)(=O)O.[H-].[Na+]. The van der Waals surface area contributed by atoms with Gasteiger partial charge in [0.25, 0.3) is 25.8 Å². The Labute approximate surface area is 297 Å². The van der Waals surface area contributed by atoms with Gasteiger partial charge in [0.05, 0.1) is 22.8 Å². The van der Waals surface area contributed by atoms with Crippen molar-refractivity contribution in [2.75, 3.05) is 17.2 Å². The monoisotopic (exact) mass is 697 g/mol. The Bertz CT molecular complexity index is 2000. The van der Waals surface area contributed by atoms with E-state index in [-0.39, 0.29) is 56.9 Å². The zero-order valence-electron chi connectivity index (χ0n) is 26.8. The van der Waals surface area contributed by atoms with Crippen LogP contribution in [0.1, 0.15) is 40.4 Å². The second-order valence-corrected chi connectivity index (χ2v) is 14.7. The van der Waals surface area contributed by atoms with E-state index in [1.165, 1.54) is 6.92 Å². The first-order chi connectivity index (χ1) is 21.3. The van der Waals surface area contributed by atoms with Gasteiger partial charge in [0.2, 0.25) is 11.5 Å². The summed E-state index contributed by atoms with van der Waals surface area (Å²) in [5.41, 5.74) is 4.83. The molecule has 2 N–H and O–H groups in total. The number of halogens is 1. The summed E-state index contributed by atoms with van der Waals surface area (Å²) in [5, 5.41) is -0.493. The second-order valence-electron chi connectivity index (χ2n) is 10.8. The van der Waals surface area contributed by atoms with Gasteiger partial charge in [-0.1, -0.05) is 54.9 Å². The summed E-state index contributed by atoms with van der Waals surface area (Å²) >= 11 is 6.25. The Morgan fingerprint density at radius 2 is 1.78 bits per heavy atom. The quantitative estimate of drug-likeness (QED) is 0.129. The van der Waals surface area contributed by atoms with Crippen LogP contribution < -0.4 is 43.8 Å². The molecule has 5 rings (SSSR count). The van der Waals surface area contributed by atoms with Crippen LogP contribution in [0.4, 0.5) is 5.69 Å². The van der Waals surface area contributed by atoms with Crippen LogP contribution in [0.15, 0.2) is 88.7 Å². The van der Waals surface area contributed by atoms with Crippen molar-refractivity contribution in [2.45, 2.75) is 44.9 Å². The van der Waals surface area contributed by atoms with E-state index in [0.717, 1.165) is 22.2 Å². The van der Waals surface area contributed by atoms with Crippen molar-refractivity contribution in [3.63, 3.8) is 0 Å². The zero-order chi connectivity index (χ0) is 32.4. The normalized spacial score (nSPS) is 15.1. The third-order valence-electron chi connectivity index (χ3n) is 7.61. The number of aromatic nitrogens is 1. The second kappa shape index (κ2) is 15.0. The third kappa shape index (κ3) is 8.81. The fourth-order valence-electron chi connectivity index (χ4n) is 5.09. The molecule has 1 unspecified atom stereocenters. The van der Waals surface area contributed by atoms with Crippen LogP contribution in [0, 0.1) is 0 Å². The van der Waals surface area contributed by atoms with Gasteiger partial charge in [0.15, 0.2) is 12.3 Å². The molecule has 0 bridgehead atoms. The minimum Gasteiger partial charge on any atom is -1.00 e. The minimum atomic E-state index is -4.22. The predicted octanol–water partition coefficient (Wildman–Crippen LogP) is 3.64. The van der Waals surface area contributed by atoms with Crippen molar-refractivity contribution < 1.29 is 70.6 Å². The molecular formula is C32H35ClN2NaO8S2+. The first-order valence-electron chi connectivity index (χ1n) is 14.4. The standard InChI is InChI=1S/C32H33ClN2O8S2.Na.H/c1-3-23(18-31-34(15-7-17-44(36,37)38)28-21-26(33)11-13-30(28)43-31)19-32-35(16-14-22(2)45(39,40)41)27-20-25(10-12-29(27)42-32)24-8-5-4-6-9-24;;/h4-6,8-13,18-22H,3,7,14-17H2,1-2H3,(H-,36,37,38,39,40,41);;/q;+1;-1/p+1. The van der Waals surface area contributed by atoms with E-state index in [0.29, 0.717) is 40.2 Å². The van der Waals surface area contributed by atoms with Crippen LogP contribution in [0.5, 0.6) is 5.75 Å². The van der Waals surface area contributed by atoms with Crippen LogP contribution in [0.25, 0.3) is 28.3 Å². The molecule has 1 aliphatic rings. The molecule has 0 saturated heterocycles. The fourth-order valence-corrected chi connectivity index (χ4v) is 6.15. The van der Waals surface area contributed by atoms with Crippen LogP contribution in [-0.2, 0) is 26.8 Å². The summed E-state index contributed by atoms with van der Waals surface area (Å²) in [6, 6.07) is 20.8. The Morgan fingerprint density at radius 1 is 1.04 bits per heavy atom. The van der Waals surface area contributed by atoms with Crippen molar-refractivity contribution in [3.8, 4) is 16.9 Å². The minimum absolute atomic E-state index is 0. The van der Waals surface area contributed by atoms with E-state index >= 15 is 0 Å². The molecule has 0 fully saturated rings. The van der Waals surface area contributed by atoms with Crippen LogP contribution in [-0.4, -0.2) is 43.5 Å². The number of rotatable bonds is 12. The summed E-state index contributed by atoms with van der Waals surface area (Å²) in [7, 11) is -8.36. The molecule has 0 saturated carbocycles. The van der Waals surface area contributed by atoms with E-state index in [4.69, 9.17) is 20.8 Å². The molecule has 0 amide bonds. The Morgan fingerprint density at radius 3 is 2.46 bits per heavy atom. The van der Waals surface area contributed by atoms with Gasteiger partial charge in [-0.3, -0.25) is 9.11 Å². The van der Waals surface area contributed by atoms with Crippen molar-refractivity contribution in [1.29, 1.82) is 0 Å². The number of nitrogens with zero attached hydrogens (tertiary/aromatic N) is 2. The number of oxazole rings is 1. The van der Waals surface area contributed by atoms with Crippen molar-refractivity contribution in [1.82, 2.24) is 0 Å². The summed E-state index contributed by atoms with van der Waals surface area (Å²) in [6.45, 7) is 3.93. The maximum absolute atomic E-state index is 11.8. The molecule has 1 atom stereocenters. The van der Waals surface area contributed by atoms with Gasteiger partial charge < -0.3 is 15.5 Å². The number of benzene rings is 3. The van der Waals surface area contributed by atoms with E-state index < -0.39 is 31.2 Å². The van der Waals surface area contributed by atoms with E-state index in [2.05, 4.69) is 0 Å². The first-order valence-corrected chi connectivity index (χ1v) is 17.9. The van der Waals surface area contributed by atoms with Gasteiger partial charge >= 0.3 is 35.4 Å². The number of ether oxygens (including phenoxy) is 1. The maximum Gasteiger partial charge on any atom is 1.00 e. The van der Waals surface area contributed by atoms with Crippen LogP contribution in [0.3, 0.4) is 0 Å². The molecule has 10 nitrogen and oxygen atoms in total. The molecule has 14 heteroatoms. The Hall–Kier alpha value is -2.68. The molecule has 1 aromatic heterocycles. The smallest absolute Gasteiger partial charge is 1.00 e. The van der Waals surface area contributed by atoms with Crippen molar-refractivity contribution in [3.05, 3.63) is 95.2 Å². The van der Waals surface area contributed by atoms with Gasteiger partial charge in [-0.2, -0.15) is 21.4 Å². The number of hydrogen-bond donors (Lipinski definition) is 2. The fraction of sp³-hybridized carbons (Fsp3) is 0.281. The average molecular weight is 698 g/mol. The molecule has 0 aliphatic carbocycles. The summed E-state index contributed by atoms with van der Waals surface area (Å²) in [4.78, 5) is 1.81. The molecule has 3 aromatic carbocycles. The van der Waals surface area contributed by atoms with Crippen LogP contribution >= 0.6 is 11.6 Å². The van der Waals surface area contributed by atoms with E-state index in [9.17, 15) is 25.9 Å². The van der Waals surface area contributed by atoms with Gasteiger partial charge in [0, 0.05) is 30.1 Å². The van der Waals surface area contributed by atoms with Gasteiger partial charge in [-0.25, -0.2) is 0 Å². The maximum atomic E-state index is 11.8. The number of hydrogen-bond acceptors (Lipinski definition) is 7. The van der Waals surface area contributed by atoms with E-state index in [1.807, 2.05) is 77.1 Å². The van der Waals surface area contributed by atoms with Gasteiger partial charge in [-0.05, 0) is 60.7 Å². The molecule has 0 radical (unpaired) electrons. The zero-order valence-corrected chi connectivity index (χ0v) is 30.1.